The van der Waals surface area contributed by atoms with Gasteiger partial charge >= 0.3 is 12.4 Å². The largest absolute Gasteiger partial charge is 0.416 e. The molecule has 0 aliphatic heterocycles. The summed E-state index contributed by atoms with van der Waals surface area (Å²) in [6.07, 6.45) is -6.76. The maximum absolute atomic E-state index is 14.2. The van der Waals surface area contributed by atoms with E-state index in [0.717, 1.165) is 24.3 Å². The Morgan fingerprint density at radius 3 is 1.22 bits per heavy atom. The Balaban J connectivity index is 0.000000240. The number of halogens is 8. The van der Waals surface area contributed by atoms with E-state index in [0.29, 0.717) is 57.9 Å². The first-order valence-corrected chi connectivity index (χ1v) is 15.8. The minimum atomic E-state index is -4.62. The van der Waals surface area contributed by atoms with Crippen LogP contribution >= 0.6 is 0 Å². The molecular formula is C37H32F8N8O2. The summed E-state index contributed by atoms with van der Waals surface area (Å²) in [6.45, 7) is 6.48. The molecule has 2 atom stereocenters. The molecule has 18 heteroatoms. The van der Waals surface area contributed by atoms with Crippen molar-refractivity contribution in [1.29, 1.82) is 0 Å². The second kappa shape index (κ2) is 16.4. The summed E-state index contributed by atoms with van der Waals surface area (Å²) < 4.78 is 105. The topological polar surface area (TPSA) is 143 Å². The van der Waals surface area contributed by atoms with Gasteiger partial charge in [-0.05, 0) is 61.4 Å². The first-order chi connectivity index (χ1) is 25.3. The average molecular weight is 773 g/mol. The fraction of sp³-hybridized carbons (Fsp3) is 0.243. The number of aromatic nitrogens is 8. The summed E-state index contributed by atoms with van der Waals surface area (Å²) in [4.78, 5) is 52.9. The molecule has 2 aromatic carbocycles. The maximum Gasteiger partial charge on any atom is 0.416 e. The average Bonchev–Trinajstić information content (AvgIpc) is 3.10. The van der Waals surface area contributed by atoms with Gasteiger partial charge in [-0.3, -0.25) is 9.59 Å². The van der Waals surface area contributed by atoms with Gasteiger partial charge in [0.25, 0.3) is 11.1 Å². The highest BCUT2D eigenvalue weighted by Crippen LogP contribution is 2.35. The number of hydrogen-bond acceptors (Lipinski definition) is 8. The monoisotopic (exact) mass is 772 g/mol. The number of H-pyrrole nitrogens is 2. The molecule has 4 aromatic heterocycles. The summed E-state index contributed by atoms with van der Waals surface area (Å²) in [6, 6.07) is 10.4. The highest BCUT2D eigenvalue weighted by molar-refractivity contribution is 5.55. The predicted octanol–water partition coefficient (Wildman–Crippen LogP) is 8.33. The smallest absolute Gasteiger partial charge is 0.311 e. The number of aryl methyl sites for hydroxylation is 2. The van der Waals surface area contributed by atoms with E-state index in [-0.39, 0.29) is 29.7 Å². The lowest BCUT2D eigenvalue weighted by atomic mass is 9.95. The molecule has 0 saturated heterocycles. The molecule has 0 saturated carbocycles. The maximum atomic E-state index is 14.2. The summed E-state index contributed by atoms with van der Waals surface area (Å²) in [5, 5.41) is 0. The number of rotatable bonds is 6. The molecule has 0 spiro atoms. The van der Waals surface area contributed by atoms with Crippen molar-refractivity contribution in [2.75, 3.05) is 0 Å². The third kappa shape index (κ3) is 10.1. The molecule has 0 aliphatic rings. The fourth-order valence-electron chi connectivity index (χ4n) is 5.35. The van der Waals surface area contributed by atoms with Gasteiger partial charge in [0.1, 0.15) is 35.9 Å². The third-order valence-corrected chi connectivity index (χ3v) is 8.10. The fourth-order valence-corrected chi connectivity index (χ4v) is 5.35. The van der Waals surface area contributed by atoms with Crippen LogP contribution < -0.4 is 11.1 Å². The van der Waals surface area contributed by atoms with Crippen LogP contribution in [0, 0.1) is 25.5 Å². The zero-order valence-corrected chi connectivity index (χ0v) is 28.6. The van der Waals surface area contributed by atoms with Crippen LogP contribution in [0.3, 0.4) is 0 Å². The van der Waals surface area contributed by atoms with Gasteiger partial charge in [-0.2, -0.15) is 26.3 Å². The summed E-state index contributed by atoms with van der Waals surface area (Å²) in [5.41, 5.74) is -0.534. The van der Waals surface area contributed by atoms with Gasteiger partial charge < -0.3 is 9.97 Å². The lowest BCUT2D eigenvalue weighted by Crippen LogP contribution is -2.10. The van der Waals surface area contributed by atoms with Crippen molar-refractivity contribution >= 4 is 0 Å². The van der Waals surface area contributed by atoms with Crippen LogP contribution in [0.5, 0.6) is 0 Å². The SMILES string of the molecule is C.Cc1nc(-c2cc([C@@H](C)c3ccc(C(F)(F)F)cc3F)ncn2)cc(=O)[nH]1.Cc1nc(-c2cc([C@H](C)c3ccc(C(F)(F)F)cc3F)ncn2)cc(=O)[nH]1. The Hall–Kier alpha value is -6.20. The molecular weight excluding hydrogens is 740 g/mol. The van der Waals surface area contributed by atoms with Crippen molar-refractivity contribution in [3.63, 3.8) is 0 Å². The predicted molar refractivity (Wildman–Crippen MR) is 186 cm³/mol. The molecule has 10 nitrogen and oxygen atoms in total. The van der Waals surface area contributed by atoms with Gasteiger partial charge in [-0.1, -0.05) is 33.4 Å². The zero-order chi connectivity index (χ0) is 39.5. The Morgan fingerprint density at radius 2 is 0.909 bits per heavy atom. The van der Waals surface area contributed by atoms with Gasteiger partial charge in [0.15, 0.2) is 0 Å². The van der Waals surface area contributed by atoms with Gasteiger partial charge in [0.05, 0.1) is 45.3 Å². The Labute approximate surface area is 307 Å². The normalized spacial score (nSPS) is 12.6. The van der Waals surface area contributed by atoms with Gasteiger partial charge in [0.2, 0.25) is 0 Å². The van der Waals surface area contributed by atoms with Crippen LogP contribution in [0.2, 0.25) is 0 Å². The number of aromatic amines is 2. The van der Waals surface area contributed by atoms with Crippen LogP contribution in [0.25, 0.3) is 22.8 Å². The van der Waals surface area contributed by atoms with Crippen molar-refractivity contribution in [3.8, 4) is 22.8 Å². The molecule has 0 unspecified atom stereocenters. The second-order valence-corrected chi connectivity index (χ2v) is 12.0. The Morgan fingerprint density at radius 1 is 0.545 bits per heavy atom. The van der Waals surface area contributed by atoms with Crippen molar-refractivity contribution in [1.82, 2.24) is 39.9 Å². The molecule has 0 aliphatic carbocycles. The number of alkyl halides is 6. The van der Waals surface area contributed by atoms with E-state index in [9.17, 15) is 44.7 Å². The van der Waals surface area contributed by atoms with E-state index in [4.69, 9.17) is 0 Å². The number of nitrogens with one attached hydrogen (secondary N) is 2. The molecule has 288 valence electrons. The first-order valence-electron chi connectivity index (χ1n) is 15.8. The Bertz CT molecular complexity index is 2260. The van der Waals surface area contributed by atoms with E-state index < -0.39 is 46.9 Å². The van der Waals surface area contributed by atoms with E-state index >= 15 is 0 Å². The molecule has 0 bridgehead atoms. The van der Waals surface area contributed by atoms with Crippen LogP contribution in [0.1, 0.15) is 78.4 Å². The summed E-state index contributed by atoms with van der Waals surface area (Å²) >= 11 is 0. The molecule has 0 amide bonds. The van der Waals surface area contributed by atoms with E-state index in [1.165, 1.54) is 36.9 Å². The highest BCUT2D eigenvalue weighted by atomic mass is 19.4. The van der Waals surface area contributed by atoms with E-state index in [1.807, 2.05) is 0 Å². The number of nitrogens with zero attached hydrogens (tertiary/aromatic N) is 6. The third-order valence-electron chi connectivity index (χ3n) is 8.10. The van der Waals surface area contributed by atoms with Crippen LogP contribution in [0.4, 0.5) is 35.1 Å². The van der Waals surface area contributed by atoms with Crippen LogP contribution in [-0.2, 0) is 12.4 Å². The standard InChI is InChI=1S/2C18H14F4N4O.CH4/c2*1-9(12-4-3-11(5-13(12)19)18(20,21)22)14-6-15(24-8-23-14)16-7-17(27)26-10(2)25-16;/h2*3-9H,1-2H3,(H,25,26,27);1H4/t2*9-;/m10./s1. The van der Waals surface area contributed by atoms with Crippen LogP contribution in [-0.4, -0.2) is 39.9 Å². The number of benzene rings is 2. The van der Waals surface area contributed by atoms with Gasteiger partial charge in [-0.15, -0.1) is 0 Å². The van der Waals surface area contributed by atoms with Gasteiger partial charge in [0, 0.05) is 24.0 Å². The first kappa shape index (κ1) is 41.6. The van der Waals surface area contributed by atoms with Crippen molar-refractivity contribution < 1.29 is 35.1 Å². The minimum Gasteiger partial charge on any atom is -0.311 e. The molecule has 55 heavy (non-hydrogen) atoms. The molecule has 0 radical (unpaired) electrons. The summed E-state index contributed by atoms with van der Waals surface area (Å²) in [5.74, 6) is -2.39. The lowest BCUT2D eigenvalue weighted by Gasteiger charge is -2.15. The van der Waals surface area contributed by atoms with E-state index in [1.54, 1.807) is 27.7 Å². The second-order valence-electron chi connectivity index (χ2n) is 12.0. The molecule has 4 heterocycles. The summed E-state index contributed by atoms with van der Waals surface area (Å²) in [7, 11) is 0. The van der Waals surface area contributed by atoms with Crippen molar-refractivity contribution in [2.45, 2.75) is 59.3 Å². The van der Waals surface area contributed by atoms with Crippen LogP contribution in [0.15, 0.2) is 82.9 Å². The van der Waals surface area contributed by atoms with Crippen molar-refractivity contribution in [3.05, 3.63) is 151 Å². The minimum absolute atomic E-state index is 0. The van der Waals surface area contributed by atoms with E-state index in [2.05, 4.69) is 39.9 Å². The molecule has 0 fully saturated rings. The molecule has 6 rings (SSSR count). The molecule has 6 aromatic rings. The lowest BCUT2D eigenvalue weighted by molar-refractivity contribution is -0.138. The number of hydrogen-bond donors (Lipinski definition) is 2. The van der Waals surface area contributed by atoms with Gasteiger partial charge in [-0.25, -0.2) is 38.7 Å². The quantitative estimate of drug-likeness (QED) is 0.161. The van der Waals surface area contributed by atoms with Crippen molar-refractivity contribution in [2.24, 2.45) is 0 Å². The Kier molecular flexibility index (Phi) is 12.4. The highest BCUT2D eigenvalue weighted by Gasteiger charge is 2.33. The zero-order valence-electron chi connectivity index (χ0n) is 28.6. The molecule has 2 N–H and O–H groups in total.